The van der Waals surface area contributed by atoms with Crippen LogP contribution < -0.4 is 4.74 Å². The normalized spacial score (nSPS) is 12.4. The molecule has 0 saturated carbocycles. The van der Waals surface area contributed by atoms with E-state index in [9.17, 15) is 5.11 Å². The molecule has 0 saturated heterocycles. The number of nitrogens with zero attached hydrogens (tertiary/aromatic N) is 2. The Labute approximate surface area is 100 Å². The molecule has 1 heterocycles. The number of aromatic nitrogens is 2. The minimum atomic E-state index is -0.550. The number of hydrogen-bond donors (Lipinski definition) is 1. The van der Waals surface area contributed by atoms with Crippen LogP contribution in [0.4, 0.5) is 0 Å². The molecule has 4 nitrogen and oxygen atoms in total. The van der Waals surface area contributed by atoms with E-state index in [1.807, 2.05) is 43.5 Å². The molecule has 2 aromatic rings. The highest BCUT2D eigenvalue weighted by molar-refractivity contribution is 5.28. The fraction of sp³-hybridized carbons (Fsp3) is 0.308. The summed E-state index contributed by atoms with van der Waals surface area (Å²) in [4.78, 5) is 0. The molecule has 0 aliphatic carbocycles. The highest BCUT2D eigenvalue weighted by Crippen LogP contribution is 2.18. The lowest BCUT2D eigenvalue weighted by molar-refractivity contribution is 0.151. The van der Waals surface area contributed by atoms with Crippen molar-refractivity contribution in [2.24, 2.45) is 0 Å². The van der Waals surface area contributed by atoms with Crippen LogP contribution in [0.3, 0.4) is 0 Å². The monoisotopic (exact) mass is 232 g/mol. The summed E-state index contributed by atoms with van der Waals surface area (Å²) in [6.07, 6.45) is 2.98. The highest BCUT2D eigenvalue weighted by atomic mass is 16.5. The van der Waals surface area contributed by atoms with E-state index in [2.05, 4.69) is 5.10 Å². The Bertz CT molecular complexity index is 437. The van der Waals surface area contributed by atoms with Crippen molar-refractivity contribution < 1.29 is 9.84 Å². The molecule has 90 valence electrons. The van der Waals surface area contributed by atoms with Gasteiger partial charge < -0.3 is 9.84 Å². The lowest BCUT2D eigenvalue weighted by atomic mass is 10.1. The minimum Gasteiger partial charge on any atom is -0.494 e. The van der Waals surface area contributed by atoms with Crippen LogP contribution in [0, 0.1) is 0 Å². The number of aliphatic hydroxyl groups is 1. The summed E-state index contributed by atoms with van der Waals surface area (Å²) in [5.41, 5.74) is 0.865. The maximum absolute atomic E-state index is 10.0. The largest absolute Gasteiger partial charge is 0.494 e. The zero-order valence-electron chi connectivity index (χ0n) is 9.78. The average molecular weight is 232 g/mol. The van der Waals surface area contributed by atoms with Crippen LogP contribution in [0.2, 0.25) is 0 Å². The molecule has 1 aromatic heterocycles. The minimum absolute atomic E-state index is 0.459. The first kappa shape index (κ1) is 11.7. The van der Waals surface area contributed by atoms with Crippen LogP contribution in [0.15, 0.2) is 42.7 Å². The van der Waals surface area contributed by atoms with Gasteiger partial charge in [-0.1, -0.05) is 12.1 Å². The van der Waals surface area contributed by atoms with Gasteiger partial charge in [0, 0.05) is 12.4 Å². The van der Waals surface area contributed by atoms with E-state index in [1.165, 1.54) is 0 Å². The number of benzene rings is 1. The number of rotatable bonds is 5. The smallest absolute Gasteiger partial charge is 0.119 e. The van der Waals surface area contributed by atoms with E-state index >= 15 is 0 Å². The first-order chi connectivity index (χ1) is 8.29. The Morgan fingerprint density at radius 1 is 1.35 bits per heavy atom. The van der Waals surface area contributed by atoms with Crippen LogP contribution >= 0.6 is 0 Å². The van der Waals surface area contributed by atoms with Gasteiger partial charge in [0.15, 0.2) is 0 Å². The second-order valence-electron chi connectivity index (χ2n) is 3.75. The van der Waals surface area contributed by atoms with Gasteiger partial charge in [-0.2, -0.15) is 5.10 Å². The summed E-state index contributed by atoms with van der Waals surface area (Å²) in [5.74, 6) is 0.822. The van der Waals surface area contributed by atoms with Crippen LogP contribution in [-0.4, -0.2) is 21.5 Å². The highest BCUT2D eigenvalue weighted by Gasteiger charge is 2.08. The predicted molar refractivity (Wildman–Crippen MR) is 64.8 cm³/mol. The third-order valence-corrected chi connectivity index (χ3v) is 2.50. The second-order valence-corrected chi connectivity index (χ2v) is 3.75. The lowest BCUT2D eigenvalue weighted by Gasteiger charge is -2.11. The van der Waals surface area contributed by atoms with Crippen molar-refractivity contribution in [3.05, 3.63) is 48.3 Å². The van der Waals surface area contributed by atoms with Crippen molar-refractivity contribution in [3.8, 4) is 5.75 Å². The predicted octanol–water partition coefficient (Wildman–Crippen LogP) is 2.02. The zero-order valence-corrected chi connectivity index (χ0v) is 9.78. The first-order valence-corrected chi connectivity index (χ1v) is 5.68. The molecule has 1 unspecified atom stereocenters. The third-order valence-electron chi connectivity index (χ3n) is 2.50. The van der Waals surface area contributed by atoms with Gasteiger partial charge in [0.25, 0.3) is 0 Å². The van der Waals surface area contributed by atoms with Gasteiger partial charge in [0.05, 0.1) is 19.3 Å². The van der Waals surface area contributed by atoms with Crippen LogP contribution in [-0.2, 0) is 6.54 Å². The maximum Gasteiger partial charge on any atom is 0.119 e. The van der Waals surface area contributed by atoms with Gasteiger partial charge >= 0.3 is 0 Å². The van der Waals surface area contributed by atoms with Gasteiger partial charge in [-0.3, -0.25) is 4.68 Å². The maximum atomic E-state index is 10.0. The number of ether oxygens (including phenoxy) is 1. The molecule has 2 rings (SSSR count). The Kier molecular flexibility index (Phi) is 3.77. The number of aliphatic hydroxyl groups excluding tert-OH is 1. The zero-order chi connectivity index (χ0) is 12.1. The summed E-state index contributed by atoms with van der Waals surface area (Å²) in [5, 5.41) is 14.1. The first-order valence-electron chi connectivity index (χ1n) is 5.68. The van der Waals surface area contributed by atoms with Crippen molar-refractivity contribution in [1.82, 2.24) is 9.78 Å². The van der Waals surface area contributed by atoms with Crippen molar-refractivity contribution in [1.29, 1.82) is 0 Å². The van der Waals surface area contributed by atoms with Crippen molar-refractivity contribution in [2.45, 2.75) is 19.6 Å². The molecule has 1 atom stereocenters. The van der Waals surface area contributed by atoms with E-state index in [0.29, 0.717) is 13.2 Å². The molecule has 0 aliphatic rings. The van der Waals surface area contributed by atoms with Gasteiger partial charge in [-0.05, 0) is 30.7 Å². The summed E-state index contributed by atoms with van der Waals surface area (Å²) >= 11 is 0. The van der Waals surface area contributed by atoms with E-state index in [0.717, 1.165) is 11.3 Å². The SMILES string of the molecule is CCOc1ccc(C(O)Cn2cccn2)cc1. The molecule has 0 radical (unpaired) electrons. The average Bonchev–Trinajstić information content (AvgIpc) is 2.83. The van der Waals surface area contributed by atoms with E-state index in [-0.39, 0.29) is 0 Å². The molecule has 0 aliphatic heterocycles. The topological polar surface area (TPSA) is 47.3 Å². The van der Waals surface area contributed by atoms with Gasteiger partial charge in [-0.15, -0.1) is 0 Å². The summed E-state index contributed by atoms with van der Waals surface area (Å²) in [6, 6.07) is 9.32. The van der Waals surface area contributed by atoms with Crippen molar-refractivity contribution in [3.63, 3.8) is 0 Å². The molecule has 0 spiro atoms. The molecule has 0 bridgehead atoms. The Balaban J connectivity index is 2.01. The van der Waals surface area contributed by atoms with Crippen LogP contribution in [0.25, 0.3) is 0 Å². The fourth-order valence-electron chi connectivity index (χ4n) is 1.64. The molecule has 1 N–H and O–H groups in total. The third kappa shape index (κ3) is 3.07. The van der Waals surface area contributed by atoms with E-state index in [1.54, 1.807) is 10.9 Å². The molecule has 0 amide bonds. The van der Waals surface area contributed by atoms with Crippen LogP contribution in [0.1, 0.15) is 18.6 Å². The fourth-order valence-corrected chi connectivity index (χ4v) is 1.64. The quantitative estimate of drug-likeness (QED) is 0.857. The Hall–Kier alpha value is -1.81. The molecule has 0 fully saturated rings. The summed E-state index contributed by atoms with van der Waals surface area (Å²) < 4.78 is 7.06. The standard InChI is InChI=1S/C13H16N2O2/c1-2-17-12-6-4-11(5-7-12)13(16)10-15-9-3-8-14-15/h3-9,13,16H,2,10H2,1H3. The summed E-state index contributed by atoms with van der Waals surface area (Å²) in [6.45, 7) is 3.05. The molecular formula is C13H16N2O2. The van der Waals surface area contributed by atoms with Gasteiger partial charge in [0.1, 0.15) is 5.75 Å². The van der Waals surface area contributed by atoms with Crippen LogP contribution in [0.5, 0.6) is 5.75 Å². The van der Waals surface area contributed by atoms with Gasteiger partial charge in [-0.25, -0.2) is 0 Å². The molecule has 17 heavy (non-hydrogen) atoms. The summed E-state index contributed by atoms with van der Waals surface area (Å²) in [7, 11) is 0. The molecule has 4 heteroatoms. The number of hydrogen-bond acceptors (Lipinski definition) is 3. The lowest BCUT2D eigenvalue weighted by Crippen LogP contribution is -2.08. The van der Waals surface area contributed by atoms with Crippen molar-refractivity contribution in [2.75, 3.05) is 6.61 Å². The molecular weight excluding hydrogens is 216 g/mol. The van der Waals surface area contributed by atoms with E-state index in [4.69, 9.17) is 4.74 Å². The Morgan fingerprint density at radius 2 is 2.12 bits per heavy atom. The van der Waals surface area contributed by atoms with Crippen molar-refractivity contribution >= 4 is 0 Å². The van der Waals surface area contributed by atoms with E-state index < -0.39 is 6.10 Å². The molecule has 1 aromatic carbocycles. The van der Waals surface area contributed by atoms with Gasteiger partial charge in [0.2, 0.25) is 0 Å². The Morgan fingerprint density at radius 3 is 2.71 bits per heavy atom. The second kappa shape index (κ2) is 5.50.